The third kappa shape index (κ3) is 5.60. The number of aryl methyl sites for hydroxylation is 1. The summed E-state index contributed by atoms with van der Waals surface area (Å²) in [5, 5.41) is 0. The van der Waals surface area contributed by atoms with Gasteiger partial charge in [0.05, 0.1) is 18.3 Å². The van der Waals surface area contributed by atoms with Crippen molar-refractivity contribution in [3.8, 4) is 0 Å². The van der Waals surface area contributed by atoms with Crippen molar-refractivity contribution in [3.05, 3.63) is 70.8 Å². The van der Waals surface area contributed by atoms with E-state index in [2.05, 4.69) is 0 Å². The van der Waals surface area contributed by atoms with Crippen LogP contribution in [0.4, 0.5) is 13.2 Å². The zero-order valence-corrected chi connectivity index (χ0v) is 19.2. The van der Waals surface area contributed by atoms with E-state index in [1.54, 1.807) is 4.90 Å². The minimum Gasteiger partial charge on any atom is -0.373 e. The highest BCUT2D eigenvalue weighted by Gasteiger charge is 2.34. The summed E-state index contributed by atoms with van der Waals surface area (Å²) in [6.07, 6.45) is -0.767. The average Bonchev–Trinajstić information content (AvgIpc) is 3.36. The normalized spacial score (nSPS) is 19.3. The number of hydrogen-bond donors (Lipinski definition) is 0. The number of morpholine rings is 1. The zero-order valence-electron chi connectivity index (χ0n) is 19.2. The fourth-order valence-electron chi connectivity index (χ4n) is 4.69. The number of alkyl halides is 3. The van der Waals surface area contributed by atoms with E-state index in [1.165, 1.54) is 12.1 Å². The molecule has 2 amide bonds. The highest BCUT2D eigenvalue weighted by Crippen LogP contribution is 2.30. The lowest BCUT2D eigenvalue weighted by atomic mass is 10.1. The third-order valence-corrected chi connectivity index (χ3v) is 6.61. The Bertz CT molecular complexity index is 999. The molecule has 4 rings (SSSR count). The maximum atomic E-state index is 13.4. The maximum absolute atomic E-state index is 13.4. The van der Waals surface area contributed by atoms with Crippen LogP contribution >= 0.6 is 0 Å². The topological polar surface area (TPSA) is 49.9 Å². The molecular weight excluding hydrogens is 445 g/mol. The summed E-state index contributed by atoms with van der Waals surface area (Å²) in [7, 11) is 0. The van der Waals surface area contributed by atoms with E-state index in [0.717, 1.165) is 43.4 Å². The molecule has 1 saturated heterocycles. The van der Waals surface area contributed by atoms with Gasteiger partial charge in [0.25, 0.3) is 11.8 Å². The van der Waals surface area contributed by atoms with Gasteiger partial charge >= 0.3 is 6.18 Å². The minimum absolute atomic E-state index is 0.0401. The second kappa shape index (κ2) is 10.2. The first-order chi connectivity index (χ1) is 16.2. The fraction of sp³-hybridized carbons (Fsp3) is 0.462. The molecule has 8 heteroatoms. The molecule has 182 valence electrons. The van der Waals surface area contributed by atoms with Gasteiger partial charge in [-0.15, -0.1) is 0 Å². The van der Waals surface area contributed by atoms with Crippen LogP contribution in [-0.4, -0.2) is 60.0 Å². The van der Waals surface area contributed by atoms with Crippen molar-refractivity contribution in [3.63, 3.8) is 0 Å². The second-order valence-corrected chi connectivity index (χ2v) is 9.08. The SMILES string of the molecule is Cc1ccc(C(=O)N(C[C@H]2CN(C(=O)c3ccc(C(F)(F)F)cc3)CCO2)C2CCCC2)cc1. The number of amides is 2. The third-order valence-electron chi connectivity index (χ3n) is 6.61. The molecule has 0 unspecified atom stereocenters. The Balaban J connectivity index is 1.45. The molecule has 5 nitrogen and oxygen atoms in total. The summed E-state index contributed by atoms with van der Waals surface area (Å²) in [4.78, 5) is 29.8. The van der Waals surface area contributed by atoms with E-state index in [0.29, 0.717) is 25.3 Å². The quantitative estimate of drug-likeness (QED) is 0.617. The Morgan fingerprint density at radius 1 is 1.00 bits per heavy atom. The lowest BCUT2D eigenvalue weighted by molar-refractivity contribution is -0.137. The molecule has 2 aliphatic rings. The predicted molar refractivity (Wildman–Crippen MR) is 122 cm³/mol. The van der Waals surface area contributed by atoms with Crippen molar-refractivity contribution in [2.24, 2.45) is 0 Å². The van der Waals surface area contributed by atoms with Crippen LogP contribution in [0, 0.1) is 6.92 Å². The number of hydrogen-bond acceptors (Lipinski definition) is 3. The van der Waals surface area contributed by atoms with Gasteiger partial charge in [-0.1, -0.05) is 30.5 Å². The first kappa shape index (κ1) is 24.3. The lowest BCUT2D eigenvalue weighted by Gasteiger charge is -2.38. The van der Waals surface area contributed by atoms with Crippen molar-refractivity contribution in [1.82, 2.24) is 9.80 Å². The smallest absolute Gasteiger partial charge is 0.373 e. The van der Waals surface area contributed by atoms with Crippen molar-refractivity contribution in [1.29, 1.82) is 0 Å². The molecule has 1 heterocycles. The van der Waals surface area contributed by atoms with Gasteiger partial charge in [-0.25, -0.2) is 0 Å². The molecule has 0 N–H and O–H groups in total. The molecule has 2 aromatic carbocycles. The molecule has 2 fully saturated rings. The summed E-state index contributed by atoms with van der Waals surface area (Å²) >= 11 is 0. The monoisotopic (exact) mass is 474 g/mol. The number of halogens is 3. The summed E-state index contributed by atoms with van der Waals surface area (Å²) in [5.41, 5.74) is 1.13. The Morgan fingerprint density at radius 3 is 2.24 bits per heavy atom. The highest BCUT2D eigenvalue weighted by molar-refractivity contribution is 5.95. The number of carbonyl (C=O) groups excluding carboxylic acids is 2. The van der Waals surface area contributed by atoms with E-state index in [-0.39, 0.29) is 36.1 Å². The predicted octanol–water partition coefficient (Wildman–Crippen LogP) is 4.94. The summed E-state index contributed by atoms with van der Waals surface area (Å²) in [6.45, 7) is 3.29. The molecule has 0 radical (unpaired) electrons. The number of benzene rings is 2. The molecule has 1 saturated carbocycles. The van der Waals surface area contributed by atoms with Crippen molar-refractivity contribution in [2.45, 2.75) is 50.9 Å². The van der Waals surface area contributed by atoms with Crippen LogP contribution in [0.1, 0.15) is 57.5 Å². The number of nitrogens with zero attached hydrogens (tertiary/aromatic N) is 2. The standard InChI is InChI=1S/C26H29F3N2O3/c1-18-6-8-20(9-7-18)25(33)31(22-4-2-3-5-22)17-23-16-30(14-15-34-23)24(32)19-10-12-21(13-11-19)26(27,28)29/h6-13,22-23H,2-5,14-17H2,1H3/t23-/m1/s1. The highest BCUT2D eigenvalue weighted by atomic mass is 19.4. The van der Waals surface area contributed by atoms with Gasteiger partial charge in [0.15, 0.2) is 0 Å². The minimum atomic E-state index is -4.45. The van der Waals surface area contributed by atoms with E-state index in [4.69, 9.17) is 4.74 Å². The Kier molecular flexibility index (Phi) is 7.26. The van der Waals surface area contributed by atoms with Crippen LogP contribution < -0.4 is 0 Å². The molecule has 0 bridgehead atoms. The molecule has 1 aliphatic carbocycles. The summed E-state index contributed by atoms with van der Waals surface area (Å²) in [5.74, 6) is -0.374. The van der Waals surface area contributed by atoms with Gasteiger partial charge < -0.3 is 14.5 Å². The largest absolute Gasteiger partial charge is 0.416 e. The van der Waals surface area contributed by atoms with Crippen LogP contribution in [0.15, 0.2) is 48.5 Å². The first-order valence-electron chi connectivity index (χ1n) is 11.7. The van der Waals surface area contributed by atoms with Gasteiger partial charge in [-0.3, -0.25) is 9.59 Å². The average molecular weight is 475 g/mol. The number of ether oxygens (including phenoxy) is 1. The number of rotatable bonds is 5. The van der Waals surface area contributed by atoms with Gasteiger partial charge in [-0.2, -0.15) is 13.2 Å². The Morgan fingerprint density at radius 2 is 1.62 bits per heavy atom. The summed E-state index contributed by atoms with van der Waals surface area (Å²) in [6, 6.07) is 11.9. The molecule has 1 atom stereocenters. The van der Waals surface area contributed by atoms with Crippen LogP contribution in [-0.2, 0) is 10.9 Å². The molecule has 1 aliphatic heterocycles. The van der Waals surface area contributed by atoms with Gasteiger partial charge in [0, 0.05) is 36.8 Å². The van der Waals surface area contributed by atoms with Gasteiger partial charge in [0.1, 0.15) is 0 Å². The van der Waals surface area contributed by atoms with E-state index < -0.39 is 11.7 Å². The molecule has 34 heavy (non-hydrogen) atoms. The molecule has 0 aromatic heterocycles. The first-order valence-corrected chi connectivity index (χ1v) is 11.7. The van der Waals surface area contributed by atoms with Gasteiger partial charge in [0.2, 0.25) is 0 Å². The second-order valence-electron chi connectivity index (χ2n) is 9.08. The summed E-state index contributed by atoms with van der Waals surface area (Å²) < 4.78 is 44.4. The van der Waals surface area contributed by atoms with Crippen molar-refractivity contribution in [2.75, 3.05) is 26.2 Å². The Hall–Kier alpha value is -2.87. The van der Waals surface area contributed by atoms with E-state index >= 15 is 0 Å². The van der Waals surface area contributed by atoms with Crippen molar-refractivity contribution >= 4 is 11.8 Å². The molecular formula is C26H29F3N2O3. The van der Waals surface area contributed by atoms with Crippen LogP contribution in [0.3, 0.4) is 0 Å². The lowest BCUT2D eigenvalue weighted by Crippen LogP contribution is -2.52. The zero-order chi connectivity index (χ0) is 24.3. The van der Waals surface area contributed by atoms with Crippen LogP contribution in [0.2, 0.25) is 0 Å². The molecule has 2 aromatic rings. The number of carbonyl (C=O) groups is 2. The Labute approximate surface area is 197 Å². The maximum Gasteiger partial charge on any atom is 0.416 e. The van der Waals surface area contributed by atoms with Gasteiger partial charge in [-0.05, 0) is 56.2 Å². The van der Waals surface area contributed by atoms with Crippen molar-refractivity contribution < 1.29 is 27.5 Å². The fourth-order valence-corrected chi connectivity index (χ4v) is 4.69. The van der Waals surface area contributed by atoms with E-state index in [1.807, 2.05) is 36.1 Å². The van der Waals surface area contributed by atoms with E-state index in [9.17, 15) is 22.8 Å². The van der Waals surface area contributed by atoms with Crippen LogP contribution in [0.5, 0.6) is 0 Å². The van der Waals surface area contributed by atoms with Crippen LogP contribution in [0.25, 0.3) is 0 Å². The molecule has 0 spiro atoms.